The first-order valence-electron chi connectivity index (χ1n) is 10.4. The summed E-state index contributed by atoms with van der Waals surface area (Å²) >= 11 is 0. The minimum absolute atomic E-state index is 0.0453. The van der Waals surface area contributed by atoms with E-state index in [1.807, 2.05) is 66.2 Å². The number of carboxylic acids is 1. The minimum Gasteiger partial charge on any atom is -0.480 e. The Balaban J connectivity index is 1.68. The molecule has 0 aliphatic rings. The van der Waals surface area contributed by atoms with E-state index in [-0.39, 0.29) is 12.4 Å². The number of methoxy groups -OCH3 is 1. The summed E-state index contributed by atoms with van der Waals surface area (Å²) in [5.74, 6) is -1.70. The van der Waals surface area contributed by atoms with Gasteiger partial charge in [0.15, 0.2) is 6.04 Å². The van der Waals surface area contributed by atoms with Gasteiger partial charge in [-0.25, -0.2) is 4.79 Å². The first kappa shape index (κ1) is 23.7. The van der Waals surface area contributed by atoms with E-state index >= 15 is 0 Å². The van der Waals surface area contributed by atoms with Crippen molar-refractivity contribution in [1.82, 2.24) is 9.88 Å². The molecule has 170 valence electrons. The van der Waals surface area contributed by atoms with Gasteiger partial charge in [0.1, 0.15) is 0 Å². The van der Waals surface area contributed by atoms with E-state index < -0.39 is 17.9 Å². The van der Waals surface area contributed by atoms with Crippen LogP contribution in [0.2, 0.25) is 0 Å². The van der Waals surface area contributed by atoms with E-state index in [1.54, 1.807) is 24.3 Å². The van der Waals surface area contributed by atoms with Crippen molar-refractivity contribution in [1.29, 1.82) is 0 Å². The number of hydrogen-bond acceptors (Lipinski definition) is 4. The fourth-order valence-corrected chi connectivity index (χ4v) is 3.30. The molecule has 1 aromatic heterocycles. The maximum absolute atomic E-state index is 12.8. The summed E-state index contributed by atoms with van der Waals surface area (Å²) in [6.45, 7) is 2.33. The number of aliphatic carboxylic acids is 1. The lowest BCUT2D eigenvalue weighted by Gasteiger charge is -2.13. The zero-order chi connectivity index (χ0) is 23.8. The second kappa shape index (κ2) is 11.1. The highest BCUT2D eigenvalue weighted by Gasteiger charge is 2.20. The molecule has 0 aliphatic heterocycles. The van der Waals surface area contributed by atoms with E-state index in [9.17, 15) is 19.5 Å². The van der Waals surface area contributed by atoms with Gasteiger partial charge in [-0.05, 0) is 36.8 Å². The van der Waals surface area contributed by atoms with Crippen LogP contribution in [-0.2, 0) is 16.1 Å². The van der Waals surface area contributed by atoms with Crippen LogP contribution in [-0.4, -0.2) is 47.1 Å². The van der Waals surface area contributed by atoms with Crippen LogP contribution in [0.25, 0.3) is 6.08 Å². The number of carbonyl (C=O) groups excluding carboxylic acids is 2. The number of aromatic nitrogens is 1. The van der Waals surface area contributed by atoms with Gasteiger partial charge in [0.2, 0.25) is 5.78 Å². The van der Waals surface area contributed by atoms with Gasteiger partial charge < -0.3 is 19.7 Å². The van der Waals surface area contributed by atoms with E-state index in [4.69, 9.17) is 4.74 Å². The normalized spacial score (nSPS) is 11.9. The molecule has 0 saturated heterocycles. The molecule has 0 unspecified atom stereocenters. The molecular weight excluding hydrogens is 420 g/mol. The fraction of sp³-hybridized carbons (Fsp3) is 0.192. The molecular formula is C26H26N2O5. The predicted octanol–water partition coefficient (Wildman–Crippen LogP) is 3.57. The van der Waals surface area contributed by atoms with Crippen molar-refractivity contribution in [3.63, 3.8) is 0 Å². The lowest BCUT2D eigenvalue weighted by Crippen LogP contribution is -2.43. The van der Waals surface area contributed by atoms with Crippen molar-refractivity contribution in [3.05, 3.63) is 101 Å². The lowest BCUT2D eigenvalue weighted by atomic mass is 10.1. The molecule has 2 aromatic carbocycles. The van der Waals surface area contributed by atoms with E-state index in [0.717, 1.165) is 11.1 Å². The maximum Gasteiger partial charge on any atom is 0.328 e. The molecule has 1 atom stereocenters. The van der Waals surface area contributed by atoms with Crippen molar-refractivity contribution < 1.29 is 24.2 Å². The van der Waals surface area contributed by atoms with Crippen LogP contribution in [0.5, 0.6) is 0 Å². The number of ether oxygens (including phenoxy) is 1. The summed E-state index contributed by atoms with van der Waals surface area (Å²) in [5, 5.41) is 11.6. The second-order valence-electron chi connectivity index (χ2n) is 7.59. The summed E-state index contributed by atoms with van der Waals surface area (Å²) < 4.78 is 6.70. The highest BCUT2D eigenvalue weighted by Crippen LogP contribution is 2.13. The van der Waals surface area contributed by atoms with E-state index in [0.29, 0.717) is 23.4 Å². The molecule has 0 spiro atoms. The molecule has 33 heavy (non-hydrogen) atoms. The Hall–Kier alpha value is -3.97. The molecule has 2 N–H and O–H groups in total. The van der Waals surface area contributed by atoms with Crippen LogP contribution in [0.1, 0.15) is 37.5 Å². The number of allylic oxidation sites excluding steroid dienone is 1. The van der Waals surface area contributed by atoms with Crippen LogP contribution >= 0.6 is 0 Å². The molecule has 0 saturated carbocycles. The number of nitrogens with zero attached hydrogens (tertiary/aromatic N) is 1. The fourth-order valence-electron chi connectivity index (χ4n) is 3.30. The molecule has 7 heteroatoms. The number of hydrogen-bond donors (Lipinski definition) is 2. The summed E-state index contributed by atoms with van der Waals surface area (Å²) in [6.07, 6.45) is 5.59. The number of aryl methyl sites for hydroxylation is 1. The summed E-state index contributed by atoms with van der Waals surface area (Å²) in [7, 11) is 1.37. The average molecular weight is 447 g/mol. The Labute approximate surface area is 192 Å². The van der Waals surface area contributed by atoms with Crippen molar-refractivity contribution in [3.8, 4) is 0 Å². The third-order valence-electron chi connectivity index (χ3n) is 5.07. The number of nitrogens with one attached hydrogen (secondary N) is 1. The highest BCUT2D eigenvalue weighted by atomic mass is 16.5. The number of benzene rings is 2. The van der Waals surface area contributed by atoms with Crippen molar-refractivity contribution >= 4 is 23.7 Å². The van der Waals surface area contributed by atoms with Crippen LogP contribution in [0.3, 0.4) is 0 Å². The first-order chi connectivity index (χ1) is 15.9. The van der Waals surface area contributed by atoms with Crippen LogP contribution < -0.4 is 5.32 Å². The first-order valence-corrected chi connectivity index (χ1v) is 10.4. The zero-order valence-corrected chi connectivity index (χ0v) is 18.5. The Kier molecular flexibility index (Phi) is 7.94. The van der Waals surface area contributed by atoms with Crippen molar-refractivity contribution in [2.45, 2.75) is 19.5 Å². The summed E-state index contributed by atoms with van der Waals surface area (Å²) in [6, 6.07) is 16.8. The third-order valence-corrected chi connectivity index (χ3v) is 5.07. The Morgan fingerprint density at radius 3 is 2.52 bits per heavy atom. The molecule has 0 radical (unpaired) electrons. The van der Waals surface area contributed by atoms with Crippen LogP contribution in [0, 0.1) is 6.92 Å². The van der Waals surface area contributed by atoms with Crippen molar-refractivity contribution in [2.24, 2.45) is 0 Å². The van der Waals surface area contributed by atoms with E-state index in [2.05, 4.69) is 5.32 Å². The van der Waals surface area contributed by atoms with Gasteiger partial charge in [-0.15, -0.1) is 0 Å². The number of ketones is 1. The second-order valence-corrected chi connectivity index (χ2v) is 7.59. The monoisotopic (exact) mass is 446 g/mol. The van der Waals surface area contributed by atoms with Crippen LogP contribution in [0.15, 0.2) is 72.9 Å². The predicted molar refractivity (Wildman–Crippen MR) is 125 cm³/mol. The van der Waals surface area contributed by atoms with Gasteiger partial charge in [0.05, 0.1) is 12.3 Å². The number of carboxylic acid groups (broad SMARTS) is 1. The Morgan fingerprint density at radius 1 is 1.06 bits per heavy atom. The number of rotatable bonds is 10. The SMILES string of the molecule is COC[C@H](NC(=O)c1cccc(/C=C/Cn2cccc2C(=O)c2ccc(C)cc2)c1)C(=O)O. The average Bonchev–Trinajstić information content (AvgIpc) is 3.27. The smallest absolute Gasteiger partial charge is 0.328 e. The van der Waals surface area contributed by atoms with Gasteiger partial charge in [0, 0.05) is 31.0 Å². The van der Waals surface area contributed by atoms with Crippen molar-refractivity contribution in [2.75, 3.05) is 13.7 Å². The van der Waals surface area contributed by atoms with Gasteiger partial charge in [-0.2, -0.15) is 0 Å². The minimum atomic E-state index is -1.16. The zero-order valence-electron chi connectivity index (χ0n) is 18.5. The van der Waals surface area contributed by atoms with Gasteiger partial charge in [-0.3, -0.25) is 9.59 Å². The molecule has 0 fully saturated rings. The molecule has 3 rings (SSSR count). The molecule has 0 aliphatic carbocycles. The molecule has 1 heterocycles. The molecule has 1 amide bonds. The Bertz CT molecular complexity index is 1160. The Morgan fingerprint density at radius 2 is 1.82 bits per heavy atom. The molecule has 0 bridgehead atoms. The maximum atomic E-state index is 12.8. The molecule has 3 aromatic rings. The van der Waals surface area contributed by atoms with Gasteiger partial charge in [0.25, 0.3) is 5.91 Å². The quantitative estimate of drug-likeness (QED) is 0.464. The third kappa shape index (κ3) is 6.27. The standard InChI is InChI=1S/C26H26N2O5/c1-18-10-12-20(13-11-18)24(29)23-9-5-15-28(23)14-4-7-19-6-3-8-21(16-19)25(30)27-22(17-33-2)26(31)32/h3-13,15-16,22H,14,17H2,1-2H3,(H,27,30)(H,31,32)/b7-4+/t22-/m0/s1. The molecule has 7 nitrogen and oxygen atoms in total. The summed E-state index contributed by atoms with van der Waals surface area (Å²) in [4.78, 5) is 36.5. The number of amides is 1. The topological polar surface area (TPSA) is 97.6 Å². The van der Waals surface area contributed by atoms with Gasteiger partial charge >= 0.3 is 5.97 Å². The summed E-state index contributed by atoms with van der Waals surface area (Å²) in [5.41, 5.74) is 3.44. The van der Waals surface area contributed by atoms with E-state index in [1.165, 1.54) is 7.11 Å². The largest absolute Gasteiger partial charge is 0.480 e. The lowest BCUT2D eigenvalue weighted by molar-refractivity contribution is -0.140. The highest BCUT2D eigenvalue weighted by molar-refractivity contribution is 6.08. The number of carbonyl (C=O) groups is 3. The van der Waals surface area contributed by atoms with Crippen LogP contribution in [0.4, 0.5) is 0 Å². The van der Waals surface area contributed by atoms with Gasteiger partial charge in [-0.1, -0.05) is 54.1 Å².